The molecule has 0 aliphatic heterocycles. The van der Waals surface area contributed by atoms with Gasteiger partial charge < -0.3 is 5.32 Å². The first kappa shape index (κ1) is 14.8. The van der Waals surface area contributed by atoms with Gasteiger partial charge in [-0.25, -0.2) is 0 Å². The molecule has 112 valence electrons. The van der Waals surface area contributed by atoms with E-state index in [2.05, 4.69) is 56.8 Å². The van der Waals surface area contributed by atoms with Gasteiger partial charge in [0.15, 0.2) is 0 Å². The minimum Gasteiger partial charge on any atom is -0.314 e. The largest absolute Gasteiger partial charge is 0.314 e. The van der Waals surface area contributed by atoms with Crippen molar-refractivity contribution in [1.29, 1.82) is 0 Å². The maximum atomic E-state index is 4.29. The van der Waals surface area contributed by atoms with Crippen LogP contribution in [0.5, 0.6) is 0 Å². The van der Waals surface area contributed by atoms with E-state index >= 15 is 0 Å². The summed E-state index contributed by atoms with van der Waals surface area (Å²) in [6.45, 7) is 1.09. The molecule has 1 N–H and O–H groups in total. The molecule has 1 fully saturated rings. The highest BCUT2D eigenvalue weighted by Crippen LogP contribution is 2.21. The minimum atomic E-state index is 0.615. The van der Waals surface area contributed by atoms with E-state index in [1.807, 2.05) is 17.9 Å². The van der Waals surface area contributed by atoms with E-state index in [1.165, 1.54) is 24.0 Å². The molecule has 0 spiro atoms. The lowest BCUT2D eigenvalue weighted by atomic mass is 9.93. The molecule has 1 aromatic heterocycles. The van der Waals surface area contributed by atoms with Crippen molar-refractivity contribution in [3.63, 3.8) is 0 Å². The lowest BCUT2D eigenvalue weighted by Gasteiger charge is -2.17. The van der Waals surface area contributed by atoms with E-state index in [-0.39, 0.29) is 0 Å². The molecule has 21 heavy (non-hydrogen) atoms. The van der Waals surface area contributed by atoms with E-state index < -0.39 is 0 Å². The number of halogens is 1. The summed E-state index contributed by atoms with van der Waals surface area (Å²) in [6, 6.07) is 9.42. The minimum absolute atomic E-state index is 0.615. The Morgan fingerprint density at radius 2 is 2.14 bits per heavy atom. The van der Waals surface area contributed by atoms with Crippen LogP contribution in [0, 0.1) is 5.92 Å². The van der Waals surface area contributed by atoms with Crippen molar-refractivity contribution in [3.8, 4) is 0 Å². The Morgan fingerprint density at radius 3 is 2.81 bits per heavy atom. The first-order valence-corrected chi connectivity index (χ1v) is 8.43. The highest BCUT2D eigenvalue weighted by atomic mass is 79.9. The van der Waals surface area contributed by atoms with Gasteiger partial charge in [-0.2, -0.15) is 5.10 Å². The number of aromatic nitrogens is 2. The van der Waals surface area contributed by atoms with Crippen molar-refractivity contribution >= 4 is 15.9 Å². The molecule has 1 aliphatic rings. The SMILES string of the molecule is Cn1cc(CC(CNC2CC2)Cc2cccc(Br)c2)cn1. The van der Waals surface area contributed by atoms with Crippen molar-refractivity contribution in [2.75, 3.05) is 6.54 Å². The summed E-state index contributed by atoms with van der Waals surface area (Å²) >= 11 is 3.57. The summed E-state index contributed by atoms with van der Waals surface area (Å²) in [5, 5.41) is 7.97. The number of nitrogens with zero attached hydrogens (tertiary/aromatic N) is 2. The van der Waals surface area contributed by atoms with E-state index in [0.29, 0.717) is 5.92 Å². The summed E-state index contributed by atoms with van der Waals surface area (Å²) in [5.74, 6) is 0.615. The fourth-order valence-corrected chi connectivity index (χ4v) is 3.19. The first-order chi connectivity index (χ1) is 10.2. The standard InChI is InChI=1S/C17H22BrN3/c1-21-12-15(11-20-21)8-14(10-19-17-5-6-17)7-13-3-2-4-16(18)9-13/h2-4,9,11-12,14,17,19H,5-8,10H2,1H3. The molecule has 0 amide bonds. The van der Waals surface area contributed by atoms with Gasteiger partial charge in [0.05, 0.1) is 6.20 Å². The van der Waals surface area contributed by atoms with Gasteiger partial charge in [-0.15, -0.1) is 0 Å². The van der Waals surface area contributed by atoms with Crippen LogP contribution in [-0.4, -0.2) is 22.4 Å². The van der Waals surface area contributed by atoms with Crippen molar-refractivity contribution in [2.24, 2.45) is 13.0 Å². The van der Waals surface area contributed by atoms with Gasteiger partial charge in [-0.05, 0) is 61.4 Å². The number of rotatable bonds is 7. The molecule has 1 aliphatic carbocycles. The average molecular weight is 348 g/mol. The highest BCUT2D eigenvalue weighted by Gasteiger charge is 2.22. The highest BCUT2D eigenvalue weighted by molar-refractivity contribution is 9.10. The zero-order valence-corrected chi connectivity index (χ0v) is 14.0. The molecule has 0 saturated heterocycles. The number of hydrogen-bond donors (Lipinski definition) is 1. The van der Waals surface area contributed by atoms with E-state index in [1.54, 1.807) is 0 Å². The van der Waals surface area contributed by atoms with Gasteiger partial charge in [-0.1, -0.05) is 28.1 Å². The molecular formula is C17H22BrN3. The molecule has 4 heteroatoms. The number of benzene rings is 1. The molecule has 1 atom stereocenters. The van der Waals surface area contributed by atoms with Crippen molar-refractivity contribution < 1.29 is 0 Å². The molecule has 0 bridgehead atoms. The Kier molecular flexibility index (Phi) is 4.76. The van der Waals surface area contributed by atoms with Gasteiger partial charge in [0, 0.05) is 23.8 Å². The quantitative estimate of drug-likeness (QED) is 0.832. The monoisotopic (exact) mass is 347 g/mol. The van der Waals surface area contributed by atoms with Crippen LogP contribution in [0.2, 0.25) is 0 Å². The number of aryl methyl sites for hydroxylation is 1. The topological polar surface area (TPSA) is 29.9 Å². The summed E-state index contributed by atoms with van der Waals surface area (Å²) < 4.78 is 3.05. The van der Waals surface area contributed by atoms with Crippen LogP contribution in [0.3, 0.4) is 0 Å². The molecule has 1 unspecified atom stereocenters. The van der Waals surface area contributed by atoms with Crippen LogP contribution in [0.15, 0.2) is 41.1 Å². The maximum Gasteiger partial charge on any atom is 0.0521 e. The first-order valence-electron chi connectivity index (χ1n) is 7.64. The Morgan fingerprint density at radius 1 is 1.33 bits per heavy atom. The zero-order valence-electron chi connectivity index (χ0n) is 12.4. The van der Waals surface area contributed by atoms with Crippen LogP contribution in [0.4, 0.5) is 0 Å². The van der Waals surface area contributed by atoms with E-state index in [0.717, 1.165) is 29.9 Å². The molecule has 2 aromatic rings. The summed E-state index contributed by atoms with van der Waals surface area (Å²) in [5.41, 5.74) is 2.73. The third-order valence-corrected chi connectivity index (χ3v) is 4.46. The summed E-state index contributed by atoms with van der Waals surface area (Å²) in [7, 11) is 1.98. The third kappa shape index (κ3) is 4.68. The van der Waals surface area contributed by atoms with Gasteiger partial charge >= 0.3 is 0 Å². The van der Waals surface area contributed by atoms with Crippen molar-refractivity contribution in [3.05, 3.63) is 52.3 Å². The van der Waals surface area contributed by atoms with Crippen LogP contribution < -0.4 is 5.32 Å². The molecule has 3 rings (SSSR count). The Bertz CT molecular complexity index is 589. The molecule has 1 heterocycles. The lowest BCUT2D eigenvalue weighted by Crippen LogP contribution is -2.27. The average Bonchev–Trinajstić information content (AvgIpc) is 3.19. The van der Waals surface area contributed by atoms with Crippen LogP contribution >= 0.6 is 15.9 Å². The molecule has 3 nitrogen and oxygen atoms in total. The smallest absolute Gasteiger partial charge is 0.0521 e. The van der Waals surface area contributed by atoms with Gasteiger partial charge in [0.25, 0.3) is 0 Å². The maximum absolute atomic E-state index is 4.29. The van der Waals surface area contributed by atoms with E-state index in [9.17, 15) is 0 Å². The Labute approximate surface area is 134 Å². The second kappa shape index (κ2) is 6.75. The summed E-state index contributed by atoms with van der Waals surface area (Å²) in [4.78, 5) is 0. The van der Waals surface area contributed by atoms with Gasteiger partial charge in [0.2, 0.25) is 0 Å². The predicted molar refractivity (Wildman–Crippen MR) is 89.3 cm³/mol. The van der Waals surface area contributed by atoms with Gasteiger partial charge in [0.1, 0.15) is 0 Å². The molecule has 0 radical (unpaired) electrons. The Hall–Kier alpha value is -1.13. The van der Waals surface area contributed by atoms with Crippen LogP contribution in [0.25, 0.3) is 0 Å². The Balaban J connectivity index is 1.65. The van der Waals surface area contributed by atoms with Crippen molar-refractivity contribution in [2.45, 2.75) is 31.7 Å². The summed E-state index contributed by atoms with van der Waals surface area (Å²) in [6.07, 6.45) is 9.00. The third-order valence-electron chi connectivity index (χ3n) is 3.97. The fraction of sp³-hybridized carbons (Fsp3) is 0.471. The second-order valence-electron chi connectivity index (χ2n) is 6.11. The van der Waals surface area contributed by atoms with Gasteiger partial charge in [-0.3, -0.25) is 4.68 Å². The van der Waals surface area contributed by atoms with E-state index in [4.69, 9.17) is 0 Å². The van der Waals surface area contributed by atoms with Crippen LogP contribution in [0.1, 0.15) is 24.0 Å². The molecule has 1 aromatic carbocycles. The fourth-order valence-electron chi connectivity index (χ4n) is 2.75. The number of nitrogens with one attached hydrogen (secondary N) is 1. The molecule has 1 saturated carbocycles. The second-order valence-corrected chi connectivity index (χ2v) is 7.02. The van der Waals surface area contributed by atoms with Crippen LogP contribution in [-0.2, 0) is 19.9 Å². The molecular weight excluding hydrogens is 326 g/mol. The lowest BCUT2D eigenvalue weighted by molar-refractivity contribution is 0.469. The normalized spacial score (nSPS) is 16.1. The predicted octanol–water partition coefficient (Wildman–Crippen LogP) is 3.34. The zero-order chi connectivity index (χ0) is 14.7. The number of hydrogen-bond acceptors (Lipinski definition) is 2. The van der Waals surface area contributed by atoms with Crippen molar-refractivity contribution in [1.82, 2.24) is 15.1 Å².